The van der Waals surface area contributed by atoms with Gasteiger partial charge in [-0.05, 0) is 25.6 Å². The molecule has 0 saturated heterocycles. The summed E-state index contributed by atoms with van der Waals surface area (Å²) in [5.41, 5.74) is 1.40. The quantitative estimate of drug-likeness (QED) is 0.764. The minimum Gasteiger partial charge on any atom is -0.319 e. The summed E-state index contributed by atoms with van der Waals surface area (Å²) < 4.78 is 25.6. The van der Waals surface area contributed by atoms with Crippen molar-refractivity contribution in [3.63, 3.8) is 0 Å². The summed E-state index contributed by atoms with van der Waals surface area (Å²) in [4.78, 5) is 3.87. The summed E-state index contributed by atoms with van der Waals surface area (Å²) in [7, 11) is -1.56. The molecular weight excluding hydrogens is 214 g/mol. The second-order valence-electron chi connectivity index (χ2n) is 3.22. The van der Waals surface area contributed by atoms with Crippen LogP contribution in [-0.2, 0) is 10.0 Å². The van der Waals surface area contributed by atoms with Crippen molar-refractivity contribution in [2.75, 3.05) is 24.1 Å². The van der Waals surface area contributed by atoms with Gasteiger partial charge in [-0.1, -0.05) is 0 Å². The summed E-state index contributed by atoms with van der Waals surface area (Å²) >= 11 is 0. The van der Waals surface area contributed by atoms with Gasteiger partial charge < -0.3 is 5.32 Å². The molecule has 0 unspecified atom stereocenters. The molecule has 1 aromatic heterocycles. The molecule has 0 aliphatic rings. The summed E-state index contributed by atoms with van der Waals surface area (Å²) in [5, 5.41) is 2.79. The second-order valence-corrected chi connectivity index (χ2v) is 5.06. The molecule has 84 valence electrons. The van der Waals surface area contributed by atoms with E-state index in [9.17, 15) is 8.42 Å². The molecule has 0 radical (unpaired) electrons. The minimum atomic E-state index is -3.27. The van der Waals surface area contributed by atoms with Crippen molar-refractivity contribution in [3.05, 3.63) is 24.0 Å². The van der Waals surface area contributed by atoms with E-state index in [2.05, 4.69) is 15.0 Å². The molecule has 0 aliphatic heterocycles. The molecule has 0 saturated carbocycles. The number of aryl methyl sites for hydroxylation is 1. The number of aromatic nitrogens is 1. The van der Waals surface area contributed by atoms with Crippen LogP contribution in [0.15, 0.2) is 18.5 Å². The molecule has 6 heteroatoms. The Hall–Kier alpha value is -1.14. The van der Waals surface area contributed by atoms with Crippen LogP contribution in [0.5, 0.6) is 0 Å². The molecule has 0 aliphatic carbocycles. The third kappa shape index (κ3) is 3.85. The molecule has 0 atom stereocenters. The Labute approximate surface area is 90.0 Å². The molecule has 0 fully saturated rings. The number of rotatable bonds is 5. The number of pyridine rings is 1. The van der Waals surface area contributed by atoms with Gasteiger partial charge in [-0.15, -0.1) is 0 Å². The van der Waals surface area contributed by atoms with Crippen LogP contribution in [0, 0.1) is 6.92 Å². The maximum atomic E-state index is 11.5. The molecule has 1 aromatic rings. The molecule has 1 rings (SSSR count). The number of hydrogen-bond donors (Lipinski definition) is 2. The number of anilines is 1. The highest BCUT2D eigenvalue weighted by atomic mass is 32.2. The topological polar surface area (TPSA) is 71.1 Å². The molecule has 0 spiro atoms. The first-order chi connectivity index (χ1) is 7.05. The van der Waals surface area contributed by atoms with E-state index < -0.39 is 10.0 Å². The Morgan fingerprint density at radius 1 is 1.47 bits per heavy atom. The largest absolute Gasteiger partial charge is 0.319 e. The lowest BCUT2D eigenvalue weighted by Crippen LogP contribution is -2.24. The van der Waals surface area contributed by atoms with Crippen LogP contribution >= 0.6 is 0 Å². The Morgan fingerprint density at radius 2 is 2.20 bits per heavy atom. The fourth-order valence-electron chi connectivity index (χ4n) is 1.03. The van der Waals surface area contributed by atoms with E-state index in [1.165, 1.54) is 6.20 Å². The first-order valence-electron chi connectivity index (χ1n) is 4.61. The van der Waals surface area contributed by atoms with Gasteiger partial charge in [0.1, 0.15) is 0 Å². The Morgan fingerprint density at radius 3 is 2.80 bits per heavy atom. The van der Waals surface area contributed by atoms with Gasteiger partial charge in [-0.3, -0.25) is 9.71 Å². The Bertz CT molecular complexity index is 417. The lowest BCUT2D eigenvalue weighted by atomic mass is 10.3. The first-order valence-corrected chi connectivity index (χ1v) is 6.26. The van der Waals surface area contributed by atoms with Crippen molar-refractivity contribution >= 4 is 15.7 Å². The molecular formula is C9H15N3O2S. The second kappa shape index (κ2) is 5.09. The van der Waals surface area contributed by atoms with E-state index in [-0.39, 0.29) is 5.75 Å². The highest BCUT2D eigenvalue weighted by molar-refractivity contribution is 7.92. The predicted molar refractivity (Wildman–Crippen MR) is 60.3 cm³/mol. The average Bonchev–Trinajstić information content (AvgIpc) is 2.18. The third-order valence-corrected chi connectivity index (χ3v) is 3.20. The van der Waals surface area contributed by atoms with Crippen LogP contribution in [0.1, 0.15) is 5.56 Å². The van der Waals surface area contributed by atoms with E-state index in [1.54, 1.807) is 19.3 Å². The summed E-state index contributed by atoms with van der Waals surface area (Å²) in [6.45, 7) is 2.26. The highest BCUT2D eigenvalue weighted by Gasteiger charge is 2.10. The molecule has 15 heavy (non-hydrogen) atoms. The monoisotopic (exact) mass is 229 g/mol. The maximum Gasteiger partial charge on any atom is 0.234 e. The van der Waals surface area contributed by atoms with E-state index in [0.29, 0.717) is 12.2 Å². The third-order valence-electron chi connectivity index (χ3n) is 1.93. The van der Waals surface area contributed by atoms with Gasteiger partial charge in [0.15, 0.2) is 0 Å². The maximum absolute atomic E-state index is 11.5. The van der Waals surface area contributed by atoms with Crippen molar-refractivity contribution < 1.29 is 8.42 Å². The Kier molecular flexibility index (Phi) is 4.05. The van der Waals surface area contributed by atoms with Gasteiger partial charge in [-0.2, -0.15) is 0 Å². The highest BCUT2D eigenvalue weighted by Crippen LogP contribution is 2.12. The van der Waals surface area contributed by atoms with Crippen LogP contribution in [0.4, 0.5) is 5.69 Å². The average molecular weight is 229 g/mol. The zero-order valence-corrected chi connectivity index (χ0v) is 9.63. The first kappa shape index (κ1) is 11.9. The van der Waals surface area contributed by atoms with Gasteiger partial charge in [0, 0.05) is 12.7 Å². The van der Waals surface area contributed by atoms with Crippen molar-refractivity contribution in [2.45, 2.75) is 6.92 Å². The molecule has 0 amide bonds. The fourth-order valence-corrected chi connectivity index (χ4v) is 2.15. The number of hydrogen-bond acceptors (Lipinski definition) is 4. The summed E-state index contributed by atoms with van der Waals surface area (Å²) in [5.74, 6) is 0.0534. The van der Waals surface area contributed by atoms with Crippen LogP contribution in [0.3, 0.4) is 0 Å². The number of nitrogens with one attached hydrogen (secondary N) is 2. The summed E-state index contributed by atoms with van der Waals surface area (Å²) in [6.07, 6.45) is 3.13. The standard InChI is InChI=1S/C9H15N3O2S/c1-8-3-4-11-7-9(8)12-15(13,14)6-5-10-2/h3-4,7,10,12H,5-6H2,1-2H3. The van der Waals surface area contributed by atoms with Crippen LogP contribution < -0.4 is 10.0 Å². The summed E-state index contributed by atoms with van der Waals surface area (Å²) in [6, 6.07) is 1.76. The van der Waals surface area contributed by atoms with Crippen molar-refractivity contribution in [1.29, 1.82) is 0 Å². The fraction of sp³-hybridized carbons (Fsp3) is 0.444. The predicted octanol–water partition coefficient (Wildman–Crippen LogP) is 0.351. The zero-order chi connectivity index (χ0) is 11.3. The van der Waals surface area contributed by atoms with Crippen molar-refractivity contribution in [1.82, 2.24) is 10.3 Å². The Balaban J connectivity index is 2.74. The van der Waals surface area contributed by atoms with Gasteiger partial charge >= 0.3 is 0 Å². The van der Waals surface area contributed by atoms with E-state index in [1.807, 2.05) is 6.92 Å². The lowest BCUT2D eigenvalue weighted by molar-refractivity contribution is 0.598. The van der Waals surface area contributed by atoms with Crippen molar-refractivity contribution in [2.24, 2.45) is 0 Å². The van der Waals surface area contributed by atoms with Gasteiger partial charge in [0.05, 0.1) is 17.6 Å². The van der Waals surface area contributed by atoms with Gasteiger partial charge in [-0.25, -0.2) is 8.42 Å². The van der Waals surface area contributed by atoms with E-state index in [0.717, 1.165) is 5.56 Å². The van der Waals surface area contributed by atoms with Crippen LogP contribution in [-0.4, -0.2) is 32.7 Å². The smallest absolute Gasteiger partial charge is 0.234 e. The molecule has 2 N–H and O–H groups in total. The normalized spacial score (nSPS) is 11.3. The minimum absolute atomic E-state index is 0.0534. The van der Waals surface area contributed by atoms with Gasteiger partial charge in [0.25, 0.3) is 0 Å². The van der Waals surface area contributed by atoms with E-state index in [4.69, 9.17) is 0 Å². The number of sulfonamides is 1. The lowest BCUT2D eigenvalue weighted by Gasteiger charge is -2.09. The zero-order valence-electron chi connectivity index (χ0n) is 8.82. The van der Waals surface area contributed by atoms with Crippen LogP contribution in [0.2, 0.25) is 0 Å². The van der Waals surface area contributed by atoms with E-state index >= 15 is 0 Å². The SMILES string of the molecule is CNCCS(=O)(=O)Nc1cnccc1C. The van der Waals surface area contributed by atoms with Crippen LogP contribution in [0.25, 0.3) is 0 Å². The molecule has 0 aromatic carbocycles. The molecule has 5 nitrogen and oxygen atoms in total. The van der Waals surface area contributed by atoms with Crippen molar-refractivity contribution in [3.8, 4) is 0 Å². The van der Waals surface area contributed by atoms with Gasteiger partial charge in [0.2, 0.25) is 10.0 Å². The number of nitrogens with zero attached hydrogens (tertiary/aromatic N) is 1. The molecule has 1 heterocycles. The molecule has 0 bridgehead atoms.